The molecule has 80 valence electrons. The van der Waals surface area contributed by atoms with Crippen molar-refractivity contribution in [3.05, 3.63) is 48.3 Å². The first-order valence-electron chi connectivity index (χ1n) is 5.59. The van der Waals surface area contributed by atoms with Gasteiger partial charge in [0.25, 0.3) is 0 Å². The van der Waals surface area contributed by atoms with E-state index in [9.17, 15) is 0 Å². The Kier molecular flexibility index (Phi) is 2.13. The molecular formula is C14H14N2. The first-order chi connectivity index (χ1) is 7.84. The molecule has 0 radical (unpaired) electrons. The molecule has 1 aromatic heterocycles. The molecule has 0 bridgehead atoms. The summed E-state index contributed by atoms with van der Waals surface area (Å²) in [5.74, 6) is 0. The van der Waals surface area contributed by atoms with Crippen LogP contribution in [0.2, 0.25) is 0 Å². The fourth-order valence-corrected chi connectivity index (χ4v) is 2.29. The minimum Gasteiger partial charge on any atom is -0.374 e. The van der Waals surface area contributed by atoms with Crippen LogP contribution >= 0.6 is 0 Å². The third kappa shape index (κ3) is 1.47. The second kappa shape index (κ2) is 3.63. The van der Waals surface area contributed by atoms with Gasteiger partial charge < -0.3 is 4.90 Å². The summed E-state index contributed by atoms with van der Waals surface area (Å²) in [4.78, 5) is 6.36. The molecule has 2 heterocycles. The largest absolute Gasteiger partial charge is 0.374 e. The van der Waals surface area contributed by atoms with Crippen molar-refractivity contribution in [3.8, 4) is 11.1 Å². The summed E-state index contributed by atoms with van der Waals surface area (Å²) < 4.78 is 0. The van der Waals surface area contributed by atoms with E-state index in [0.717, 1.165) is 13.0 Å². The number of nitrogens with zero attached hydrogens (tertiary/aromatic N) is 2. The predicted molar refractivity (Wildman–Crippen MR) is 66.6 cm³/mol. The first-order valence-corrected chi connectivity index (χ1v) is 5.59. The van der Waals surface area contributed by atoms with Gasteiger partial charge in [-0.15, -0.1) is 0 Å². The molecule has 0 amide bonds. The molecule has 0 fully saturated rings. The van der Waals surface area contributed by atoms with E-state index in [1.165, 1.54) is 22.4 Å². The van der Waals surface area contributed by atoms with Crippen LogP contribution in [0, 0.1) is 0 Å². The minimum atomic E-state index is 1.13. The van der Waals surface area contributed by atoms with Crippen LogP contribution in [0.1, 0.15) is 5.56 Å². The van der Waals surface area contributed by atoms with Crippen LogP contribution < -0.4 is 4.90 Å². The molecule has 1 aliphatic rings. The summed E-state index contributed by atoms with van der Waals surface area (Å²) in [5, 5.41) is 0. The topological polar surface area (TPSA) is 16.1 Å². The number of fused-ring (bicyclic) bond motifs is 1. The molecule has 1 aromatic carbocycles. The maximum Gasteiger partial charge on any atom is 0.0397 e. The summed E-state index contributed by atoms with van der Waals surface area (Å²) >= 11 is 0. The Morgan fingerprint density at radius 1 is 1.06 bits per heavy atom. The molecule has 0 spiro atoms. The van der Waals surface area contributed by atoms with Gasteiger partial charge in [0.2, 0.25) is 0 Å². The number of aromatic nitrogens is 1. The SMILES string of the molecule is CN1CCc2cc(-c3ccncc3)ccc21. The molecule has 3 rings (SSSR count). The van der Waals surface area contributed by atoms with Gasteiger partial charge in [-0.2, -0.15) is 0 Å². The van der Waals surface area contributed by atoms with Gasteiger partial charge in [-0.3, -0.25) is 4.98 Å². The van der Waals surface area contributed by atoms with Crippen molar-refractivity contribution in [2.45, 2.75) is 6.42 Å². The smallest absolute Gasteiger partial charge is 0.0397 e. The molecule has 0 unspecified atom stereocenters. The maximum atomic E-state index is 4.05. The van der Waals surface area contributed by atoms with Crippen LogP contribution in [0.15, 0.2) is 42.7 Å². The molecule has 2 heteroatoms. The van der Waals surface area contributed by atoms with Crippen LogP contribution in [0.5, 0.6) is 0 Å². The Morgan fingerprint density at radius 2 is 1.88 bits per heavy atom. The molecule has 0 aliphatic carbocycles. The van der Waals surface area contributed by atoms with Crippen LogP contribution in [0.25, 0.3) is 11.1 Å². The van der Waals surface area contributed by atoms with Crippen LogP contribution in [-0.2, 0) is 6.42 Å². The number of anilines is 1. The van der Waals surface area contributed by atoms with Crippen LogP contribution in [0.3, 0.4) is 0 Å². The zero-order valence-electron chi connectivity index (χ0n) is 9.35. The number of benzene rings is 1. The monoisotopic (exact) mass is 210 g/mol. The van der Waals surface area contributed by atoms with Crippen LogP contribution in [0.4, 0.5) is 5.69 Å². The lowest BCUT2D eigenvalue weighted by molar-refractivity contribution is 0.956. The molecule has 1 aliphatic heterocycles. The van der Waals surface area contributed by atoms with E-state index in [-0.39, 0.29) is 0 Å². The summed E-state index contributed by atoms with van der Waals surface area (Å²) in [6, 6.07) is 10.8. The Morgan fingerprint density at radius 3 is 2.69 bits per heavy atom. The highest BCUT2D eigenvalue weighted by molar-refractivity contribution is 5.70. The molecule has 0 saturated carbocycles. The van der Waals surface area contributed by atoms with Crippen molar-refractivity contribution in [2.75, 3.05) is 18.5 Å². The number of hydrogen-bond acceptors (Lipinski definition) is 2. The van der Waals surface area contributed by atoms with E-state index >= 15 is 0 Å². The quantitative estimate of drug-likeness (QED) is 0.719. The molecule has 2 aromatic rings. The second-order valence-corrected chi connectivity index (χ2v) is 4.25. The van der Waals surface area contributed by atoms with Gasteiger partial charge in [-0.05, 0) is 47.4 Å². The molecule has 0 N–H and O–H groups in total. The third-order valence-electron chi connectivity index (χ3n) is 3.22. The Hall–Kier alpha value is -1.83. The number of rotatable bonds is 1. The Bertz CT molecular complexity index is 505. The lowest BCUT2D eigenvalue weighted by atomic mass is 10.0. The highest BCUT2D eigenvalue weighted by atomic mass is 15.1. The lowest BCUT2D eigenvalue weighted by Crippen LogP contribution is -2.12. The van der Waals surface area contributed by atoms with Gasteiger partial charge >= 0.3 is 0 Å². The maximum absolute atomic E-state index is 4.05. The number of hydrogen-bond donors (Lipinski definition) is 0. The van der Waals surface area contributed by atoms with Gasteiger partial charge in [0.1, 0.15) is 0 Å². The lowest BCUT2D eigenvalue weighted by Gasteiger charge is -2.12. The molecule has 16 heavy (non-hydrogen) atoms. The summed E-state index contributed by atoms with van der Waals surface area (Å²) in [5.41, 5.74) is 5.36. The van der Waals surface area contributed by atoms with Crippen molar-refractivity contribution in [3.63, 3.8) is 0 Å². The number of pyridine rings is 1. The molecule has 0 saturated heterocycles. The zero-order valence-corrected chi connectivity index (χ0v) is 9.35. The fourth-order valence-electron chi connectivity index (χ4n) is 2.29. The predicted octanol–water partition coefficient (Wildman–Crippen LogP) is 2.74. The summed E-state index contributed by atoms with van der Waals surface area (Å²) in [6.45, 7) is 1.13. The van der Waals surface area contributed by atoms with E-state index in [1.807, 2.05) is 12.4 Å². The highest BCUT2D eigenvalue weighted by Crippen LogP contribution is 2.30. The number of likely N-dealkylation sites (N-methyl/N-ethyl adjacent to an activating group) is 1. The Balaban J connectivity index is 2.06. The van der Waals surface area contributed by atoms with Gasteiger partial charge in [0.15, 0.2) is 0 Å². The van der Waals surface area contributed by atoms with Gasteiger partial charge in [-0.1, -0.05) is 6.07 Å². The van der Waals surface area contributed by atoms with E-state index in [2.05, 4.69) is 47.3 Å². The standard InChI is InChI=1S/C14H14N2/c1-16-9-6-13-10-12(2-3-14(13)16)11-4-7-15-8-5-11/h2-5,7-8,10H,6,9H2,1H3. The highest BCUT2D eigenvalue weighted by Gasteiger charge is 2.15. The van der Waals surface area contributed by atoms with Gasteiger partial charge in [0, 0.05) is 31.7 Å². The fraction of sp³-hybridized carbons (Fsp3) is 0.214. The summed E-state index contributed by atoms with van der Waals surface area (Å²) in [6.07, 6.45) is 4.84. The minimum absolute atomic E-state index is 1.13. The van der Waals surface area contributed by atoms with Crippen molar-refractivity contribution >= 4 is 5.69 Å². The van der Waals surface area contributed by atoms with E-state index in [1.54, 1.807) is 0 Å². The van der Waals surface area contributed by atoms with Crippen molar-refractivity contribution in [1.29, 1.82) is 0 Å². The Labute approximate surface area is 95.6 Å². The van der Waals surface area contributed by atoms with Crippen LogP contribution in [-0.4, -0.2) is 18.6 Å². The molecule has 2 nitrogen and oxygen atoms in total. The van der Waals surface area contributed by atoms with E-state index in [4.69, 9.17) is 0 Å². The average molecular weight is 210 g/mol. The van der Waals surface area contributed by atoms with Gasteiger partial charge in [-0.25, -0.2) is 0 Å². The van der Waals surface area contributed by atoms with Gasteiger partial charge in [0.05, 0.1) is 0 Å². The molecular weight excluding hydrogens is 196 g/mol. The van der Waals surface area contributed by atoms with E-state index in [0.29, 0.717) is 0 Å². The summed E-state index contributed by atoms with van der Waals surface area (Å²) in [7, 11) is 2.15. The van der Waals surface area contributed by atoms with Crippen molar-refractivity contribution in [1.82, 2.24) is 4.98 Å². The second-order valence-electron chi connectivity index (χ2n) is 4.25. The first kappa shape index (κ1) is 9.40. The zero-order chi connectivity index (χ0) is 11.0. The molecule has 0 atom stereocenters. The van der Waals surface area contributed by atoms with E-state index < -0.39 is 0 Å². The average Bonchev–Trinajstić information content (AvgIpc) is 2.72. The van der Waals surface area contributed by atoms with Crippen molar-refractivity contribution in [2.24, 2.45) is 0 Å². The normalized spacial score (nSPS) is 13.9. The third-order valence-corrected chi connectivity index (χ3v) is 3.22. The van der Waals surface area contributed by atoms with Crippen molar-refractivity contribution < 1.29 is 0 Å².